The van der Waals surface area contributed by atoms with E-state index < -0.39 is 18.5 Å². The Morgan fingerprint density at radius 3 is 2.25 bits per heavy atom. The lowest BCUT2D eigenvalue weighted by Gasteiger charge is -2.39. The van der Waals surface area contributed by atoms with Crippen LogP contribution >= 0.6 is 0 Å². The van der Waals surface area contributed by atoms with Gasteiger partial charge in [0.05, 0.1) is 12.7 Å². The number of ether oxygens (including phenoxy) is 1. The van der Waals surface area contributed by atoms with Gasteiger partial charge >= 0.3 is 0 Å². The van der Waals surface area contributed by atoms with Crippen molar-refractivity contribution >= 4 is 0 Å². The molecule has 1 aliphatic heterocycles. The molecule has 1 aliphatic rings. The van der Waals surface area contributed by atoms with E-state index in [1.807, 2.05) is 13.8 Å². The zero-order valence-electron chi connectivity index (χ0n) is 7.34. The summed E-state index contributed by atoms with van der Waals surface area (Å²) in [5, 5.41) is 27.6. The maximum atomic E-state index is 9.53. The number of rotatable bonds is 1. The van der Waals surface area contributed by atoms with E-state index in [0.717, 1.165) is 0 Å². The van der Waals surface area contributed by atoms with Crippen LogP contribution in [0.5, 0.6) is 0 Å². The van der Waals surface area contributed by atoms with Crippen molar-refractivity contribution < 1.29 is 20.1 Å². The molecule has 0 radical (unpaired) electrons. The van der Waals surface area contributed by atoms with Crippen LogP contribution in [0.15, 0.2) is 0 Å². The molecule has 1 fully saturated rings. The van der Waals surface area contributed by atoms with Crippen molar-refractivity contribution in [2.45, 2.75) is 32.3 Å². The van der Waals surface area contributed by atoms with Gasteiger partial charge in [0.25, 0.3) is 0 Å². The number of aliphatic hydroxyl groups is 3. The highest BCUT2D eigenvalue weighted by Crippen LogP contribution is 2.28. The molecule has 1 unspecified atom stereocenters. The van der Waals surface area contributed by atoms with Crippen molar-refractivity contribution in [2.24, 2.45) is 11.8 Å². The fraction of sp³-hybridized carbons (Fsp3) is 1.00. The van der Waals surface area contributed by atoms with Gasteiger partial charge in [-0.05, 0) is 5.92 Å². The summed E-state index contributed by atoms with van der Waals surface area (Å²) in [6, 6.07) is 0. The first-order valence-electron chi connectivity index (χ1n) is 4.20. The average Bonchev–Trinajstić information content (AvgIpc) is 2.08. The third kappa shape index (κ3) is 1.61. The maximum absolute atomic E-state index is 9.53. The molecular formula is C8H16O4. The summed E-state index contributed by atoms with van der Waals surface area (Å²) in [6.45, 7) is 3.39. The summed E-state index contributed by atoms with van der Waals surface area (Å²) in [4.78, 5) is 0. The molecule has 3 N–H and O–H groups in total. The molecule has 0 aliphatic carbocycles. The standard InChI is InChI=1S/C8H16O4/c1-4-5(2)8(11)12-6(3-9)7(4)10/h4-11H,3H2,1-2H3/t4-,5+,6+,7-,8?/m0/s1. The minimum Gasteiger partial charge on any atom is -0.394 e. The Morgan fingerprint density at radius 2 is 1.75 bits per heavy atom. The largest absolute Gasteiger partial charge is 0.394 e. The Bertz CT molecular complexity index is 145. The zero-order chi connectivity index (χ0) is 9.30. The Kier molecular flexibility index (Phi) is 3.06. The van der Waals surface area contributed by atoms with Crippen LogP contribution in [0.4, 0.5) is 0 Å². The predicted molar refractivity (Wildman–Crippen MR) is 42.3 cm³/mol. The van der Waals surface area contributed by atoms with Crippen molar-refractivity contribution in [1.82, 2.24) is 0 Å². The first-order valence-corrected chi connectivity index (χ1v) is 4.20. The fourth-order valence-corrected chi connectivity index (χ4v) is 1.44. The minimum atomic E-state index is -0.874. The SMILES string of the molecule is C[C@@H]1[C@H](O)[C@@H](CO)OC(O)[C@@H]1C. The molecule has 1 saturated heterocycles. The van der Waals surface area contributed by atoms with Crippen LogP contribution in [0.1, 0.15) is 13.8 Å². The van der Waals surface area contributed by atoms with Crippen LogP contribution < -0.4 is 0 Å². The van der Waals surface area contributed by atoms with Crippen molar-refractivity contribution in [3.05, 3.63) is 0 Å². The van der Waals surface area contributed by atoms with Gasteiger partial charge in [-0.15, -0.1) is 0 Å². The summed E-state index contributed by atoms with van der Waals surface area (Å²) >= 11 is 0. The first kappa shape index (κ1) is 9.92. The molecule has 5 atom stereocenters. The first-order chi connectivity index (χ1) is 5.57. The number of aliphatic hydroxyl groups excluding tert-OH is 3. The normalized spacial score (nSPS) is 49.2. The van der Waals surface area contributed by atoms with E-state index in [1.54, 1.807) is 0 Å². The zero-order valence-corrected chi connectivity index (χ0v) is 7.34. The van der Waals surface area contributed by atoms with E-state index in [0.29, 0.717) is 0 Å². The van der Waals surface area contributed by atoms with Gasteiger partial charge in [0, 0.05) is 5.92 Å². The van der Waals surface area contributed by atoms with Gasteiger partial charge in [-0.1, -0.05) is 13.8 Å². The van der Waals surface area contributed by atoms with Gasteiger partial charge in [-0.2, -0.15) is 0 Å². The molecule has 4 heteroatoms. The van der Waals surface area contributed by atoms with Gasteiger partial charge in [-0.25, -0.2) is 0 Å². The van der Waals surface area contributed by atoms with Crippen LogP contribution in [0.25, 0.3) is 0 Å². The number of hydrogen-bond acceptors (Lipinski definition) is 4. The van der Waals surface area contributed by atoms with Crippen LogP contribution in [0.3, 0.4) is 0 Å². The summed E-state index contributed by atoms with van der Waals surface area (Å²) in [5.74, 6) is -0.145. The van der Waals surface area contributed by atoms with Crippen LogP contribution in [0, 0.1) is 11.8 Å². The summed E-state index contributed by atoms with van der Waals surface area (Å²) in [6.07, 6.45) is -2.21. The molecule has 0 amide bonds. The third-order valence-electron chi connectivity index (χ3n) is 2.69. The molecule has 4 nitrogen and oxygen atoms in total. The van der Waals surface area contributed by atoms with Gasteiger partial charge in [-0.3, -0.25) is 0 Å². The minimum absolute atomic E-state index is 0.0501. The molecule has 0 spiro atoms. The third-order valence-corrected chi connectivity index (χ3v) is 2.69. The summed E-state index contributed by atoms with van der Waals surface area (Å²) < 4.78 is 4.99. The van der Waals surface area contributed by atoms with E-state index in [4.69, 9.17) is 9.84 Å². The quantitative estimate of drug-likeness (QED) is 0.495. The van der Waals surface area contributed by atoms with Crippen LogP contribution in [0.2, 0.25) is 0 Å². The van der Waals surface area contributed by atoms with E-state index in [9.17, 15) is 10.2 Å². The summed E-state index contributed by atoms with van der Waals surface area (Å²) in [5.41, 5.74) is 0. The van der Waals surface area contributed by atoms with Crippen molar-refractivity contribution in [3.8, 4) is 0 Å². The topological polar surface area (TPSA) is 69.9 Å². The second-order valence-corrected chi connectivity index (χ2v) is 3.46. The smallest absolute Gasteiger partial charge is 0.158 e. The molecule has 1 rings (SSSR count). The predicted octanol–water partition coefficient (Wildman–Crippen LogP) is -0.671. The lowest BCUT2D eigenvalue weighted by molar-refractivity contribution is -0.249. The van der Waals surface area contributed by atoms with E-state index in [-0.39, 0.29) is 18.4 Å². The van der Waals surface area contributed by atoms with Gasteiger partial charge in [0.1, 0.15) is 6.10 Å². The Morgan fingerprint density at radius 1 is 1.17 bits per heavy atom. The fourth-order valence-electron chi connectivity index (χ4n) is 1.44. The highest BCUT2D eigenvalue weighted by Gasteiger charge is 2.39. The molecule has 0 aromatic carbocycles. The van der Waals surface area contributed by atoms with E-state index in [2.05, 4.69) is 0 Å². The van der Waals surface area contributed by atoms with Crippen molar-refractivity contribution in [1.29, 1.82) is 0 Å². The highest BCUT2D eigenvalue weighted by atomic mass is 16.6. The van der Waals surface area contributed by atoms with Crippen LogP contribution in [-0.2, 0) is 4.74 Å². The average molecular weight is 176 g/mol. The van der Waals surface area contributed by atoms with Crippen molar-refractivity contribution in [3.63, 3.8) is 0 Å². The molecule has 0 aromatic heterocycles. The second-order valence-electron chi connectivity index (χ2n) is 3.46. The summed E-state index contributed by atoms with van der Waals surface area (Å²) in [7, 11) is 0. The van der Waals surface area contributed by atoms with Gasteiger partial charge < -0.3 is 20.1 Å². The van der Waals surface area contributed by atoms with E-state index >= 15 is 0 Å². The van der Waals surface area contributed by atoms with Crippen molar-refractivity contribution in [2.75, 3.05) is 6.61 Å². The monoisotopic (exact) mass is 176 g/mol. The molecule has 0 bridgehead atoms. The molecule has 0 saturated carbocycles. The maximum Gasteiger partial charge on any atom is 0.158 e. The Hall–Kier alpha value is -0.160. The Balaban J connectivity index is 2.63. The molecule has 0 aromatic rings. The van der Waals surface area contributed by atoms with E-state index in [1.165, 1.54) is 0 Å². The second kappa shape index (κ2) is 3.70. The lowest BCUT2D eigenvalue weighted by Crippen LogP contribution is -2.50. The van der Waals surface area contributed by atoms with Gasteiger partial charge in [0.15, 0.2) is 6.29 Å². The van der Waals surface area contributed by atoms with Crippen LogP contribution in [-0.4, -0.2) is 40.4 Å². The Labute approximate surface area is 71.8 Å². The molecule has 72 valence electrons. The number of hydrogen-bond donors (Lipinski definition) is 3. The highest BCUT2D eigenvalue weighted by molar-refractivity contribution is 4.83. The lowest BCUT2D eigenvalue weighted by atomic mass is 9.85. The molecular weight excluding hydrogens is 160 g/mol. The molecule has 12 heavy (non-hydrogen) atoms. The van der Waals surface area contributed by atoms with Gasteiger partial charge in [0.2, 0.25) is 0 Å². The molecule has 1 heterocycles.